The fourth-order valence-corrected chi connectivity index (χ4v) is 4.24. The number of rotatable bonds is 13. The van der Waals surface area contributed by atoms with E-state index < -0.39 is 6.08 Å². The van der Waals surface area contributed by atoms with Gasteiger partial charge in [0.25, 0.3) is 6.08 Å². The summed E-state index contributed by atoms with van der Waals surface area (Å²) in [6.45, 7) is 3.05. The molecule has 28 heavy (non-hydrogen) atoms. The summed E-state index contributed by atoms with van der Waals surface area (Å²) in [6, 6.07) is 8.44. The summed E-state index contributed by atoms with van der Waals surface area (Å²) in [6.07, 6.45) is 15.2. The van der Waals surface area contributed by atoms with Crippen LogP contribution in [0.15, 0.2) is 36.4 Å². The van der Waals surface area contributed by atoms with Crippen LogP contribution in [0.1, 0.15) is 102 Å². The van der Waals surface area contributed by atoms with E-state index in [0.29, 0.717) is 5.92 Å². The molecule has 0 heterocycles. The standard InChI is InChI=1S/C25H38F2O/c1-2-3-4-5-6-7-8-9-10-19-28-24-17-15-23(16-18-24)22-13-11-21(12-14-22)20-25(26)27/h15-18,20-22H,2-14,19H2,1H3/t21-,22-. The summed E-state index contributed by atoms with van der Waals surface area (Å²) >= 11 is 0. The van der Waals surface area contributed by atoms with Gasteiger partial charge in [-0.15, -0.1) is 0 Å². The maximum Gasteiger partial charge on any atom is 0.266 e. The molecule has 2 rings (SSSR count). The maximum absolute atomic E-state index is 12.4. The molecule has 1 aliphatic carbocycles. The molecule has 0 bridgehead atoms. The Hall–Kier alpha value is -1.38. The zero-order valence-electron chi connectivity index (χ0n) is 17.6. The van der Waals surface area contributed by atoms with Gasteiger partial charge in [0.15, 0.2) is 0 Å². The Morgan fingerprint density at radius 3 is 2.00 bits per heavy atom. The highest BCUT2D eigenvalue weighted by molar-refractivity contribution is 5.29. The Balaban J connectivity index is 1.56. The fourth-order valence-electron chi connectivity index (χ4n) is 4.24. The Morgan fingerprint density at radius 1 is 0.857 bits per heavy atom. The maximum atomic E-state index is 12.4. The molecular formula is C25H38F2O. The number of hydrogen-bond donors (Lipinski definition) is 0. The van der Waals surface area contributed by atoms with E-state index in [0.717, 1.165) is 50.5 Å². The molecule has 1 fully saturated rings. The van der Waals surface area contributed by atoms with Crippen LogP contribution < -0.4 is 4.74 Å². The number of allylic oxidation sites excluding steroid dienone is 1. The zero-order valence-corrected chi connectivity index (χ0v) is 17.6. The van der Waals surface area contributed by atoms with Gasteiger partial charge in [-0.3, -0.25) is 0 Å². The number of hydrogen-bond acceptors (Lipinski definition) is 1. The minimum absolute atomic E-state index is 0.0557. The Labute approximate surface area is 170 Å². The monoisotopic (exact) mass is 392 g/mol. The van der Waals surface area contributed by atoms with Gasteiger partial charge in [-0.1, -0.05) is 70.4 Å². The van der Waals surface area contributed by atoms with Crippen molar-refractivity contribution < 1.29 is 13.5 Å². The first-order valence-corrected chi connectivity index (χ1v) is 11.4. The topological polar surface area (TPSA) is 9.23 Å². The van der Waals surface area contributed by atoms with E-state index in [1.165, 1.54) is 56.9 Å². The van der Waals surface area contributed by atoms with E-state index in [2.05, 4.69) is 31.2 Å². The van der Waals surface area contributed by atoms with Gasteiger partial charge in [0.1, 0.15) is 5.75 Å². The van der Waals surface area contributed by atoms with E-state index in [1.54, 1.807) is 0 Å². The molecule has 1 nitrogen and oxygen atoms in total. The highest BCUT2D eigenvalue weighted by atomic mass is 19.3. The summed E-state index contributed by atoms with van der Waals surface area (Å²) in [7, 11) is 0. The molecular weight excluding hydrogens is 354 g/mol. The lowest BCUT2D eigenvalue weighted by Crippen LogP contribution is -2.11. The van der Waals surface area contributed by atoms with Gasteiger partial charge in [-0.05, 0) is 67.7 Å². The van der Waals surface area contributed by atoms with Crippen molar-refractivity contribution in [3.63, 3.8) is 0 Å². The molecule has 0 saturated heterocycles. The third kappa shape index (κ3) is 9.21. The van der Waals surface area contributed by atoms with E-state index in [9.17, 15) is 8.78 Å². The zero-order chi connectivity index (χ0) is 20.0. The number of unbranched alkanes of at least 4 members (excludes halogenated alkanes) is 8. The Bertz CT molecular complexity index is 540. The lowest BCUT2D eigenvalue weighted by atomic mass is 9.79. The van der Waals surface area contributed by atoms with Gasteiger partial charge in [0.05, 0.1) is 6.61 Å². The molecule has 1 aromatic rings. The van der Waals surface area contributed by atoms with Gasteiger partial charge < -0.3 is 4.74 Å². The van der Waals surface area contributed by atoms with Crippen molar-refractivity contribution in [1.82, 2.24) is 0 Å². The van der Waals surface area contributed by atoms with Gasteiger partial charge in [-0.25, -0.2) is 0 Å². The van der Waals surface area contributed by atoms with E-state index >= 15 is 0 Å². The minimum atomic E-state index is -1.53. The molecule has 1 aliphatic rings. The SMILES string of the molecule is CCCCCCCCCCCOc1ccc([C@H]2CC[C@H](C=C(F)F)CC2)cc1. The third-order valence-electron chi connectivity index (χ3n) is 6.00. The van der Waals surface area contributed by atoms with Crippen molar-refractivity contribution in [3.8, 4) is 5.75 Å². The summed E-state index contributed by atoms with van der Waals surface area (Å²) in [4.78, 5) is 0. The van der Waals surface area contributed by atoms with Gasteiger partial charge >= 0.3 is 0 Å². The smallest absolute Gasteiger partial charge is 0.266 e. The largest absolute Gasteiger partial charge is 0.494 e. The van der Waals surface area contributed by atoms with Crippen molar-refractivity contribution in [2.75, 3.05) is 6.61 Å². The van der Waals surface area contributed by atoms with Gasteiger partial charge in [-0.2, -0.15) is 8.78 Å². The third-order valence-corrected chi connectivity index (χ3v) is 6.00. The molecule has 158 valence electrons. The number of halogens is 2. The normalized spacial score (nSPS) is 19.4. The molecule has 3 heteroatoms. The molecule has 0 spiro atoms. The Morgan fingerprint density at radius 2 is 1.43 bits per heavy atom. The van der Waals surface area contributed by atoms with Crippen molar-refractivity contribution in [3.05, 3.63) is 42.0 Å². The molecule has 1 aromatic carbocycles. The lowest BCUT2D eigenvalue weighted by Gasteiger charge is -2.26. The summed E-state index contributed by atoms with van der Waals surface area (Å²) in [5.41, 5.74) is 1.32. The second-order valence-corrected chi connectivity index (χ2v) is 8.31. The summed E-state index contributed by atoms with van der Waals surface area (Å²) < 4.78 is 30.6. The predicted octanol–water partition coefficient (Wildman–Crippen LogP) is 8.65. The molecule has 0 aliphatic heterocycles. The molecule has 1 saturated carbocycles. The average Bonchev–Trinajstić information content (AvgIpc) is 2.70. The first-order chi connectivity index (χ1) is 13.7. The highest BCUT2D eigenvalue weighted by Gasteiger charge is 2.21. The van der Waals surface area contributed by atoms with E-state index in [1.807, 2.05) is 0 Å². The van der Waals surface area contributed by atoms with Gasteiger partial charge in [0, 0.05) is 0 Å². The molecule has 0 N–H and O–H groups in total. The van der Waals surface area contributed by atoms with Crippen LogP contribution in [-0.2, 0) is 0 Å². The highest BCUT2D eigenvalue weighted by Crippen LogP contribution is 2.37. The minimum Gasteiger partial charge on any atom is -0.494 e. The van der Waals surface area contributed by atoms with E-state index in [-0.39, 0.29) is 5.92 Å². The van der Waals surface area contributed by atoms with Crippen LogP contribution in [0.3, 0.4) is 0 Å². The Kier molecular flexibility index (Phi) is 11.2. The molecule has 0 aromatic heterocycles. The average molecular weight is 393 g/mol. The van der Waals surface area contributed by atoms with Crippen molar-refractivity contribution in [2.24, 2.45) is 5.92 Å². The molecule has 0 atom stereocenters. The van der Waals surface area contributed by atoms with Crippen LogP contribution in [0, 0.1) is 5.92 Å². The fraction of sp³-hybridized carbons (Fsp3) is 0.680. The van der Waals surface area contributed by atoms with Crippen LogP contribution in [0.25, 0.3) is 0 Å². The summed E-state index contributed by atoms with van der Waals surface area (Å²) in [5.74, 6) is 1.50. The lowest BCUT2D eigenvalue weighted by molar-refractivity contribution is 0.304. The molecule has 0 radical (unpaired) electrons. The van der Waals surface area contributed by atoms with Crippen LogP contribution in [-0.4, -0.2) is 6.61 Å². The van der Waals surface area contributed by atoms with Crippen molar-refractivity contribution in [1.29, 1.82) is 0 Å². The second-order valence-electron chi connectivity index (χ2n) is 8.31. The van der Waals surface area contributed by atoms with Crippen LogP contribution >= 0.6 is 0 Å². The number of benzene rings is 1. The number of ether oxygens (including phenoxy) is 1. The summed E-state index contributed by atoms with van der Waals surface area (Å²) in [5, 5.41) is 0. The quantitative estimate of drug-likeness (QED) is 0.305. The predicted molar refractivity (Wildman–Crippen MR) is 114 cm³/mol. The van der Waals surface area contributed by atoms with E-state index in [4.69, 9.17) is 4.74 Å². The van der Waals surface area contributed by atoms with Gasteiger partial charge in [0.2, 0.25) is 0 Å². The van der Waals surface area contributed by atoms with Crippen LogP contribution in [0.5, 0.6) is 5.75 Å². The second kappa shape index (κ2) is 13.7. The first-order valence-electron chi connectivity index (χ1n) is 11.4. The molecule has 0 unspecified atom stereocenters. The first kappa shape index (κ1) is 22.9. The van der Waals surface area contributed by atoms with Crippen LogP contribution in [0.4, 0.5) is 8.78 Å². The van der Waals surface area contributed by atoms with Crippen LogP contribution in [0.2, 0.25) is 0 Å². The van der Waals surface area contributed by atoms with Crippen molar-refractivity contribution >= 4 is 0 Å². The van der Waals surface area contributed by atoms with Crippen molar-refractivity contribution in [2.45, 2.75) is 96.3 Å². The molecule has 0 amide bonds.